The molecule has 3 nitrogen and oxygen atoms in total. The third-order valence-electron chi connectivity index (χ3n) is 1.79. The first-order chi connectivity index (χ1) is 5.97. The molecule has 76 valence electrons. The summed E-state index contributed by atoms with van der Waals surface area (Å²) in [7, 11) is 0. The molecule has 1 fully saturated rings. The summed E-state index contributed by atoms with van der Waals surface area (Å²) in [6.45, 7) is 1.31. The van der Waals surface area contributed by atoms with Gasteiger partial charge in [-0.25, -0.2) is 0 Å². The molecule has 1 amide bonds. The summed E-state index contributed by atoms with van der Waals surface area (Å²) in [5.74, 6) is -0.943. The van der Waals surface area contributed by atoms with Gasteiger partial charge in [0, 0.05) is 12.6 Å². The van der Waals surface area contributed by atoms with Gasteiger partial charge in [0.15, 0.2) is 0 Å². The van der Waals surface area contributed by atoms with Crippen molar-refractivity contribution in [3.05, 3.63) is 0 Å². The van der Waals surface area contributed by atoms with Gasteiger partial charge in [0.1, 0.15) is 6.42 Å². The van der Waals surface area contributed by atoms with Crippen molar-refractivity contribution >= 4 is 5.91 Å². The molecule has 1 aliphatic rings. The first kappa shape index (κ1) is 10.3. The van der Waals surface area contributed by atoms with Crippen molar-refractivity contribution in [3.63, 3.8) is 0 Å². The van der Waals surface area contributed by atoms with Crippen LogP contribution in [0.5, 0.6) is 0 Å². The van der Waals surface area contributed by atoms with E-state index in [-0.39, 0.29) is 6.04 Å². The maximum Gasteiger partial charge on any atom is 0.397 e. The number of carbonyl (C=O) groups is 1. The van der Waals surface area contributed by atoms with Crippen LogP contribution in [0.15, 0.2) is 0 Å². The van der Waals surface area contributed by atoms with Gasteiger partial charge in [0.05, 0.1) is 0 Å². The quantitative estimate of drug-likeness (QED) is 0.672. The number of amides is 1. The largest absolute Gasteiger partial charge is 0.397 e. The highest BCUT2D eigenvalue weighted by atomic mass is 19.4. The van der Waals surface area contributed by atoms with E-state index in [0.717, 1.165) is 6.54 Å². The summed E-state index contributed by atoms with van der Waals surface area (Å²) < 4.78 is 35.1. The molecule has 0 aromatic rings. The first-order valence-electron chi connectivity index (χ1n) is 4.04. The van der Waals surface area contributed by atoms with Crippen LogP contribution in [-0.2, 0) is 4.79 Å². The van der Waals surface area contributed by atoms with Crippen LogP contribution < -0.4 is 10.6 Å². The maximum absolute atomic E-state index is 11.7. The Bertz CT molecular complexity index is 187. The summed E-state index contributed by atoms with van der Waals surface area (Å²) >= 11 is 0. The molecule has 1 aliphatic heterocycles. The lowest BCUT2D eigenvalue weighted by atomic mass is 10.2. The molecule has 6 heteroatoms. The van der Waals surface area contributed by atoms with E-state index in [1.807, 2.05) is 0 Å². The van der Waals surface area contributed by atoms with Crippen molar-refractivity contribution in [1.82, 2.24) is 10.6 Å². The van der Waals surface area contributed by atoms with Gasteiger partial charge in [-0.3, -0.25) is 4.79 Å². The van der Waals surface area contributed by atoms with Gasteiger partial charge >= 0.3 is 6.18 Å². The lowest BCUT2D eigenvalue weighted by molar-refractivity contribution is -0.154. The first-order valence-corrected chi connectivity index (χ1v) is 4.04. The highest BCUT2D eigenvalue weighted by Gasteiger charge is 2.32. The zero-order valence-electron chi connectivity index (χ0n) is 6.95. The number of carbonyl (C=O) groups excluding carboxylic acids is 1. The van der Waals surface area contributed by atoms with Crippen molar-refractivity contribution in [2.45, 2.75) is 25.1 Å². The zero-order valence-corrected chi connectivity index (χ0v) is 6.95. The molecule has 0 bridgehead atoms. The summed E-state index contributed by atoms with van der Waals surface area (Å²) in [5, 5.41) is 5.26. The Kier molecular flexibility index (Phi) is 3.13. The molecule has 0 aromatic carbocycles. The molecule has 0 spiro atoms. The lowest BCUT2D eigenvalue weighted by Gasteiger charge is -2.12. The average molecular weight is 196 g/mol. The van der Waals surface area contributed by atoms with E-state index in [1.165, 1.54) is 0 Å². The number of nitrogens with one attached hydrogen (secondary N) is 2. The molecule has 1 atom stereocenters. The predicted molar refractivity (Wildman–Crippen MR) is 40.1 cm³/mol. The number of hydrogen-bond donors (Lipinski definition) is 2. The van der Waals surface area contributed by atoms with Crippen molar-refractivity contribution in [3.8, 4) is 0 Å². The average Bonchev–Trinajstić information content (AvgIpc) is 2.34. The topological polar surface area (TPSA) is 41.1 Å². The molecule has 0 saturated carbocycles. The van der Waals surface area contributed by atoms with Crippen LogP contribution >= 0.6 is 0 Å². The second kappa shape index (κ2) is 3.95. The van der Waals surface area contributed by atoms with Gasteiger partial charge in [-0.15, -0.1) is 0 Å². The number of hydrogen-bond acceptors (Lipinski definition) is 2. The van der Waals surface area contributed by atoms with E-state index in [4.69, 9.17) is 0 Å². The van der Waals surface area contributed by atoms with Crippen molar-refractivity contribution in [1.29, 1.82) is 0 Å². The summed E-state index contributed by atoms with van der Waals surface area (Å²) in [6.07, 6.45) is -5.09. The van der Waals surface area contributed by atoms with Gasteiger partial charge in [0.2, 0.25) is 5.91 Å². The van der Waals surface area contributed by atoms with Gasteiger partial charge in [-0.05, 0) is 13.0 Å². The summed E-state index contributed by atoms with van der Waals surface area (Å²) in [4.78, 5) is 10.8. The summed E-state index contributed by atoms with van der Waals surface area (Å²) in [6, 6.07) is -0.144. The molecule has 0 unspecified atom stereocenters. The fourth-order valence-electron chi connectivity index (χ4n) is 1.24. The molecular weight excluding hydrogens is 185 g/mol. The van der Waals surface area contributed by atoms with Crippen LogP contribution in [0.3, 0.4) is 0 Å². The van der Waals surface area contributed by atoms with Crippen LogP contribution in [0.25, 0.3) is 0 Å². The van der Waals surface area contributed by atoms with Crippen LogP contribution in [0.4, 0.5) is 13.2 Å². The highest BCUT2D eigenvalue weighted by molar-refractivity contribution is 5.76. The Balaban J connectivity index is 2.24. The molecule has 0 aliphatic carbocycles. The van der Waals surface area contributed by atoms with Crippen LogP contribution in [-0.4, -0.2) is 31.2 Å². The monoisotopic (exact) mass is 196 g/mol. The molecular formula is C7H11F3N2O. The molecule has 0 aromatic heterocycles. The zero-order chi connectivity index (χ0) is 9.90. The van der Waals surface area contributed by atoms with Crippen molar-refractivity contribution in [2.24, 2.45) is 0 Å². The van der Waals surface area contributed by atoms with Crippen molar-refractivity contribution in [2.75, 3.05) is 13.1 Å². The maximum atomic E-state index is 11.7. The Morgan fingerprint density at radius 2 is 2.23 bits per heavy atom. The fourth-order valence-corrected chi connectivity index (χ4v) is 1.24. The Morgan fingerprint density at radius 3 is 2.69 bits per heavy atom. The van der Waals surface area contributed by atoms with Crippen molar-refractivity contribution < 1.29 is 18.0 Å². The second-order valence-electron chi connectivity index (χ2n) is 3.05. The van der Waals surface area contributed by atoms with Crippen LogP contribution in [0.2, 0.25) is 0 Å². The SMILES string of the molecule is O=C(CC(F)(F)F)N[C@H]1CCNC1. The van der Waals surface area contributed by atoms with E-state index >= 15 is 0 Å². The van der Waals surface area contributed by atoms with E-state index < -0.39 is 18.5 Å². The third-order valence-corrected chi connectivity index (χ3v) is 1.79. The standard InChI is InChI=1S/C7H11F3N2O/c8-7(9,10)3-6(13)12-5-1-2-11-4-5/h5,11H,1-4H2,(H,12,13)/t5-/m0/s1. The van der Waals surface area contributed by atoms with Gasteiger partial charge in [0.25, 0.3) is 0 Å². The number of halogens is 3. The van der Waals surface area contributed by atoms with Gasteiger partial charge in [-0.2, -0.15) is 13.2 Å². The third kappa shape index (κ3) is 4.12. The van der Waals surface area contributed by atoms with E-state index in [9.17, 15) is 18.0 Å². The van der Waals surface area contributed by atoms with E-state index in [0.29, 0.717) is 13.0 Å². The van der Waals surface area contributed by atoms with Crippen LogP contribution in [0, 0.1) is 0 Å². The van der Waals surface area contributed by atoms with Gasteiger partial charge < -0.3 is 10.6 Å². The molecule has 1 heterocycles. The Labute approximate surface area is 73.7 Å². The Hall–Kier alpha value is -0.780. The minimum atomic E-state index is -4.41. The number of alkyl halides is 3. The minimum Gasteiger partial charge on any atom is -0.352 e. The predicted octanol–water partition coefficient (Wildman–Crippen LogP) is 0.417. The molecule has 0 radical (unpaired) electrons. The summed E-state index contributed by atoms with van der Waals surface area (Å²) in [5.41, 5.74) is 0. The second-order valence-corrected chi connectivity index (χ2v) is 3.05. The molecule has 2 N–H and O–H groups in total. The molecule has 13 heavy (non-hydrogen) atoms. The van der Waals surface area contributed by atoms with Gasteiger partial charge in [-0.1, -0.05) is 0 Å². The van der Waals surface area contributed by atoms with E-state index in [2.05, 4.69) is 10.6 Å². The highest BCUT2D eigenvalue weighted by Crippen LogP contribution is 2.19. The Morgan fingerprint density at radius 1 is 1.54 bits per heavy atom. The normalized spacial score (nSPS) is 23.2. The number of rotatable bonds is 2. The lowest BCUT2D eigenvalue weighted by Crippen LogP contribution is -2.38. The van der Waals surface area contributed by atoms with E-state index in [1.54, 1.807) is 0 Å². The molecule has 1 saturated heterocycles. The van der Waals surface area contributed by atoms with Crippen LogP contribution in [0.1, 0.15) is 12.8 Å². The fraction of sp³-hybridized carbons (Fsp3) is 0.857. The molecule has 1 rings (SSSR count). The minimum absolute atomic E-state index is 0.144. The smallest absolute Gasteiger partial charge is 0.352 e.